The number of fused-ring (bicyclic) bond motifs is 1. The second kappa shape index (κ2) is 5.13. The van der Waals surface area contributed by atoms with Crippen LogP contribution >= 0.6 is 11.3 Å². The van der Waals surface area contributed by atoms with Gasteiger partial charge in [0.15, 0.2) is 0 Å². The molecule has 0 amide bonds. The number of aromatic nitrogens is 1. The van der Waals surface area contributed by atoms with Crippen molar-refractivity contribution < 1.29 is 0 Å². The molecule has 20 heavy (non-hydrogen) atoms. The van der Waals surface area contributed by atoms with Crippen LogP contribution in [0.2, 0.25) is 0 Å². The average Bonchev–Trinajstić information content (AvgIpc) is 2.87. The maximum atomic E-state index is 12.0. The number of pyridine rings is 1. The van der Waals surface area contributed by atoms with Gasteiger partial charge in [0, 0.05) is 40.5 Å². The van der Waals surface area contributed by atoms with Gasteiger partial charge in [-0.2, -0.15) is 0 Å². The zero-order valence-electron chi connectivity index (χ0n) is 11.5. The van der Waals surface area contributed by atoms with Gasteiger partial charge >= 0.3 is 0 Å². The predicted molar refractivity (Wildman–Crippen MR) is 85.6 cm³/mol. The topological polar surface area (TPSA) is 34.0 Å². The predicted octanol–water partition coefficient (Wildman–Crippen LogP) is 3.52. The van der Waals surface area contributed by atoms with Crippen molar-refractivity contribution in [3.05, 3.63) is 62.6 Å². The molecule has 0 saturated heterocycles. The van der Waals surface area contributed by atoms with Crippen molar-refractivity contribution in [1.29, 1.82) is 0 Å². The van der Waals surface area contributed by atoms with E-state index in [9.17, 15) is 4.79 Å². The van der Waals surface area contributed by atoms with E-state index in [1.807, 2.05) is 24.3 Å². The smallest absolute Gasteiger partial charge is 0.252 e. The van der Waals surface area contributed by atoms with E-state index in [1.165, 1.54) is 9.75 Å². The molecule has 0 aliphatic carbocycles. The van der Waals surface area contributed by atoms with Gasteiger partial charge in [0.05, 0.1) is 5.52 Å². The minimum absolute atomic E-state index is 0.00793. The van der Waals surface area contributed by atoms with E-state index in [-0.39, 0.29) is 5.56 Å². The minimum Gasteiger partial charge on any atom is -0.379 e. The molecular formula is C16H16N2OS. The molecule has 1 N–H and O–H groups in total. The third kappa shape index (κ3) is 2.34. The fourth-order valence-corrected chi connectivity index (χ4v) is 3.15. The molecule has 2 aromatic heterocycles. The van der Waals surface area contributed by atoms with Crippen LogP contribution in [0.5, 0.6) is 0 Å². The zero-order chi connectivity index (χ0) is 14.1. The lowest BCUT2D eigenvalue weighted by Crippen LogP contribution is -2.17. The van der Waals surface area contributed by atoms with Crippen molar-refractivity contribution in [3.8, 4) is 0 Å². The Bertz CT molecular complexity index is 817. The standard InChI is InChI=1S/C16H16N2OS/c1-11-7-8-12(20-11)10-17-14-9-16(19)18(2)15-6-4-3-5-13(14)15/h3-9,17H,10H2,1-2H3. The maximum Gasteiger partial charge on any atom is 0.252 e. The highest BCUT2D eigenvalue weighted by atomic mass is 32.1. The molecule has 0 saturated carbocycles. The first-order valence-corrected chi connectivity index (χ1v) is 7.35. The first-order valence-electron chi connectivity index (χ1n) is 6.53. The van der Waals surface area contributed by atoms with Crippen molar-refractivity contribution in [2.45, 2.75) is 13.5 Å². The van der Waals surface area contributed by atoms with Crippen molar-refractivity contribution >= 4 is 27.9 Å². The number of nitrogens with one attached hydrogen (secondary N) is 1. The number of aryl methyl sites for hydroxylation is 2. The Morgan fingerprint density at radius 3 is 2.75 bits per heavy atom. The molecule has 3 nitrogen and oxygen atoms in total. The van der Waals surface area contributed by atoms with E-state index in [1.54, 1.807) is 29.0 Å². The average molecular weight is 284 g/mol. The molecule has 3 aromatic rings. The molecule has 1 aromatic carbocycles. The molecular weight excluding hydrogens is 268 g/mol. The van der Waals surface area contributed by atoms with Crippen molar-refractivity contribution in [2.75, 3.05) is 5.32 Å². The van der Waals surface area contributed by atoms with Crippen LogP contribution in [0.3, 0.4) is 0 Å². The largest absolute Gasteiger partial charge is 0.379 e. The molecule has 0 bridgehead atoms. The van der Waals surface area contributed by atoms with E-state index in [0.29, 0.717) is 0 Å². The van der Waals surface area contributed by atoms with E-state index >= 15 is 0 Å². The van der Waals surface area contributed by atoms with Gasteiger partial charge in [-0.05, 0) is 25.1 Å². The molecule has 0 fully saturated rings. The summed E-state index contributed by atoms with van der Waals surface area (Å²) in [5, 5.41) is 4.45. The Kier molecular flexibility index (Phi) is 3.32. The van der Waals surface area contributed by atoms with E-state index in [0.717, 1.165) is 23.1 Å². The Morgan fingerprint density at radius 1 is 1.20 bits per heavy atom. The lowest BCUT2D eigenvalue weighted by molar-refractivity contribution is 0.906. The molecule has 0 unspecified atom stereocenters. The van der Waals surface area contributed by atoms with Crippen LogP contribution in [0.4, 0.5) is 5.69 Å². The van der Waals surface area contributed by atoms with Crippen LogP contribution in [0.1, 0.15) is 9.75 Å². The summed E-state index contributed by atoms with van der Waals surface area (Å²) in [7, 11) is 1.80. The highest BCUT2D eigenvalue weighted by Gasteiger charge is 2.06. The fraction of sp³-hybridized carbons (Fsp3) is 0.188. The van der Waals surface area contributed by atoms with Crippen molar-refractivity contribution in [2.24, 2.45) is 7.05 Å². The Morgan fingerprint density at radius 2 is 2.00 bits per heavy atom. The van der Waals surface area contributed by atoms with Gasteiger partial charge < -0.3 is 9.88 Å². The molecule has 0 atom stereocenters. The van der Waals surface area contributed by atoms with Crippen molar-refractivity contribution in [1.82, 2.24) is 4.57 Å². The second-order valence-corrected chi connectivity index (χ2v) is 6.21. The normalized spacial score (nSPS) is 10.9. The van der Waals surface area contributed by atoms with Gasteiger partial charge in [-0.25, -0.2) is 0 Å². The van der Waals surface area contributed by atoms with Gasteiger partial charge in [-0.1, -0.05) is 18.2 Å². The summed E-state index contributed by atoms with van der Waals surface area (Å²) in [6.45, 7) is 2.84. The van der Waals surface area contributed by atoms with Gasteiger partial charge in [0.1, 0.15) is 0 Å². The second-order valence-electron chi connectivity index (χ2n) is 4.84. The summed E-state index contributed by atoms with van der Waals surface area (Å²) in [5.74, 6) is 0. The number of benzene rings is 1. The van der Waals surface area contributed by atoms with Crippen molar-refractivity contribution in [3.63, 3.8) is 0 Å². The molecule has 0 aliphatic rings. The summed E-state index contributed by atoms with van der Waals surface area (Å²) in [4.78, 5) is 14.6. The minimum atomic E-state index is 0.00793. The number of nitrogens with zero attached hydrogens (tertiary/aromatic N) is 1. The van der Waals surface area contributed by atoms with E-state index in [2.05, 4.69) is 24.4 Å². The number of hydrogen-bond donors (Lipinski definition) is 1. The molecule has 2 heterocycles. The van der Waals surface area contributed by atoms with Gasteiger partial charge in [-0.15, -0.1) is 11.3 Å². The first-order chi connectivity index (χ1) is 9.65. The third-order valence-corrected chi connectivity index (χ3v) is 4.40. The van der Waals surface area contributed by atoms with Gasteiger partial charge in [0.25, 0.3) is 5.56 Å². The quantitative estimate of drug-likeness (QED) is 0.798. The molecule has 0 aliphatic heterocycles. The van der Waals surface area contributed by atoms with Crippen LogP contribution < -0.4 is 10.9 Å². The molecule has 0 spiro atoms. The van der Waals surface area contributed by atoms with Crippen LogP contribution in [0.15, 0.2) is 47.3 Å². The number of anilines is 1. The lowest BCUT2D eigenvalue weighted by Gasteiger charge is -2.11. The van der Waals surface area contributed by atoms with Crippen LogP contribution in [-0.2, 0) is 13.6 Å². The summed E-state index contributed by atoms with van der Waals surface area (Å²) >= 11 is 1.77. The number of para-hydroxylation sites is 1. The molecule has 102 valence electrons. The van der Waals surface area contributed by atoms with Gasteiger partial charge in [0.2, 0.25) is 0 Å². The summed E-state index contributed by atoms with van der Waals surface area (Å²) in [5.41, 5.74) is 1.85. The zero-order valence-corrected chi connectivity index (χ0v) is 12.3. The highest BCUT2D eigenvalue weighted by Crippen LogP contribution is 2.22. The molecule has 3 rings (SSSR count). The molecule has 4 heteroatoms. The summed E-state index contributed by atoms with van der Waals surface area (Å²) in [6.07, 6.45) is 0. The third-order valence-electron chi connectivity index (χ3n) is 3.40. The number of thiophene rings is 1. The first kappa shape index (κ1) is 12.9. The lowest BCUT2D eigenvalue weighted by atomic mass is 10.2. The number of rotatable bonds is 3. The van der Waals surface area contributed by atoms with Gasteiger partial charge in [-0.3, -0.25) is 4.79 Å². The van der Waals surface area contributed by atoms with Crippen LogP contribution in [0, 0.1) is 6.92 Å². The maximum absolute atomic E-state index is 12.0. The molecule has 0 radical (unpaired) electrons. The summed E-state index contributed by atoms with van der Waals surface area (Å²) in [6, 6.07) is 13.9. The Hall–Kier alpha value is -2.07. The monoisotopic (exact) mass is 284 g/mol. The number of hydrogen-bond acceptors (Lipinski definition) is 3. The SMILES string of the molecule is Cc1ccc(CNc2cc(=O)n(C)c3ccccc23)s1. The van der Waals surface area contributed by atoms with Crippen LogP contribution in [-0.4, -0.2) is 4.57 Å². The summed E-state index contributed by atoms with van der Waals surface area (Å²) < 4.78 is 1.68. The van der Waals surface area contributed by atoms with E-state index in [4.69, 9.17) is 0 Å². The van der Waals surface area contributed by atoms with Crippen LogP contribution in [0.25, 0.3) is 10.9 Å². The Balaban J connectivity index is 1.99. The fourth-order valence-electron chi connectivity index (χ4n) is 2.32. The van der Waals surface area contributed by atoms with E-state index < -0.39 is 0 Å². The highest BCUT2D eigenvalue weighted by molar-refractivity contribution is 7.11. The Labute approximate surface area is 121 Å².